The molecule has 0 bridgehead atoms. The van der Waals surface area contributed by atoms with Gasteiger partial charge in [0.2, 0.25) is 0 Å². The lowest BCUT2D eigenvalue weighted by Gasteiger charge is -2.23. The van der Waals surface area contributed by atoms with Gasteiger partial charge in [-0.3, -0.25) is 0 Å². The number of esters is 1. The zero-order chi connectivity index (χ0) is 13.6. The third-order valence-corrected chi connectivity index (χ3v) is 3.22. The molecular formula is C15H27NO2. The molecule has 0 amide bonds. The minimum atomic E-state index is -0.436. The second kappa shape index (κ2) is 6.93. The van der Waals surface area contributed by atoms with Crippen LogP contribution in [0.15, 0.2) is 12.2 Å². The second-order valence-electron chi connectivity index (χ2n) is 6.30. The van der Waals surface area contributed by atoms with E-state index in [1.54, 1.807) is 6.08 Å². The lowest BCUT2D eigenvalue weighted by atomic mass is 9.85. The molecule has 1 fully saturated rings. The Balaban J connectivity index is 2.29. The summed E-state index contributed by atoms with van der Waals surface area (Å²) in [4.78, 5) is 11.5. The normalized spacial score (nSPS) is 20.0. The van der Waals surface area contributed by atoms with Crippen LogP contribution in [-0.2, 0) is 9.53 Å². The Labute approximate surface area is 111 Å². The average Bonchev–Trinajstić information content (AvgIpc) is 2.25. The molecule has 0 aromatic heterocycles. The summed E-state index contributed by atoms with van der Waals surface area (Å²) in [5.41, 5.74) is 5.59. The number of nitrogens with two attached hydrogens (primary N) is 1. The number of ether oxygens (including phenoxy) is 1. The highest BCUT2D eigenvalue weighted by Crippen LogP contribution is 2.27. The average molecular weight is 253 g/mol. The van der Waals surface area contributed by atoms with Crippen molar-refractivity contribution in [2.45, 2.75) is 70.9 Å². The van der Waals surface area contributed by atoms with Gasteiger partial charge in [0, 0.05) is 12.1 Å². The maximum absolute atomic E-state index is 11.5. The van der Waals surface area contributed by atoms with Crippen molar-refractivity contribution in [3.05, 3.63) is 12.2 Å². The molecule has 18 heavy (non-hydrogen) atoms. The highest BCUT2D eigenvalue weighted by Gasteiger charge is 2.17. The third-order valence-electron chi connectivity index (χ3n) is 3.22. The first-order valence-corrected chi connectivity index (χ1v) is 7.03. The summed E-state index contributed by atoms with van der Waals surface area (Å²) in [6.45, 7) is 5.59. The van der Waals surface area contributed by atoms with Crippen molar-refractivity contribution in [2.75, 3.05) is 0 Å². The van der Waals surface area contributed by atoms with Crippen LogP contribution in [0.4, 0.5) is 0 Å². The second-order valence-corrected chi connectivity index (χ2v) is 6.30. The number of carbonyl (C=O) groups is 1. The minimum absolute atomic E-state index is 0.0272. The molecule has 0 heterocycles. The van der Waals surface area contributed by atoms with Gasteiger partial charge < -0.3 is 10.5 Å². The molecule has 2 N–H and O–H groups in total. The molecule has 3 nitrogen and oxygen atoms in total. The van der Waals surface area contributed by atoms with Gasteiger partial charge in [0.1, 0.15) is 5.60 Å². The van der Waals surface area contributed by atoms with Crippen molar-refractivity contribution in [2.24, 2.45) is 11.7 Å². The van der Waals surface area contributed by atoms with E-state index in [9.17, 15) is 4.79 Å². The van der Waals surface area contributed by atoms with Gasteiger partial charge in [-0.1, -0.05) is 38.2 Å². The highest BCUT2D eigenvalue weighted by atomic mass is 16.6. The van der Waals surface area contributed by atoms with Crippen molar-refractivity contribution in [3.8, 4) is 0 Å². The topological polar surface area (TPSA) is 52.3 Å². The standard InChI is InChI=1S/C15H27NO2/c1-15(2,3)18-14(17)10-9-13(16)11-12-7-5-4-6-8-12/h9-10,12-13H,4-8,11,16H2,1-3H3/t13-/m1/s1. The predicted octanol–water partition coefficient (Wildman–Crippen LogP) is 3.18. The van der Waals surface area contributed by atoms with Gasteiger partial charge in [-0.05, 0) is 33.1 Å². The summed E-state index contributed by atoms with van der Waals surface area (Å²) in [5.74, 6) is 0.429. The van der Waals surface area contributed by atoms with Crippen molar-refractivity contribution in [1.82, 2.24) is 0 Å². The molecule has 0 aromatic rings. The fraction of sp³-hybridized carbons (Fsp3) is 0.800. The van der Waals surface area contributed by atoms with Crippen molar-refractivity contribution in [3.63, 3.8) is 0 Å². The molecule has 0 aromatic carbocycles. The SMILES string of the molecule is CC(C)(C)OC(=O)C=C[C@@H](N)CC1CCCCC1. The van der Waals surface area contributed by atoms with Crippen LogP contribution in [-0.4, -0.2) is 17.6 Å². The molecule has 0 aliphatic heterocycles. The molecule has 0 unspecified atom stereocenters. The molecule has 1 rings (SSSR count). The van der Waals surface area contributed by atoms with E-state index in [4.69, 9.17) is 10.5 Å². The van der Waals surface area contributed by atoms with Gasteiger partial charge in [-0.15, -0.1) is 0 Å². The number of hydrogen-bond donors (Lipinski definition) is 1. The number of rotatable bonds is 4. The van der Waals surface area contributed by atoms with E-state index >= 15 is 0 Å². The van der Waals surface area contributed by atoms with E-state index in [0.717, 1.165) is 12.3 Å². The van der Waals surface area contributed by atoms with Crippen LogP contribution in [0.25, 0.3) is 0 Å². The summed E-state index contributed by atoms with van der Waals surface area (Å²) >= 11 is 0. The van der Waals surface area contributed by atoms with Gasteiger partial charge >= 0.3 is 5.97 Å². The Morgan fingerprint density at radius 3 is 2.50 bits per heavy atom. The Hall–Kier alpha value is -0.830. The number of hydrogen-bond acceptors (Lipinski definition) is 3. The first-order chi connectivity index (χ1) is 8.37. The van der Waals surface area contributed by atoms with E-state index in [-0.39, 0.29) is 12.0 Å². The summed E-state index contributed by atoms with van der Waals surface area (Å²) in [5, 5.41) is 0. The molecule has 1 saturated carbocycles. The van der Waals surface area contributed by atoms with E-state index in [0.29, 0.717) is 0 Å². The predicted molar refractivity (Wildman–Crippen MR) is 74.2 cm³/mol. The zero-order valence-corrected chi connectivity index (χ0v) is 11.9. The fourth-order valence-corrected chi connectivity index (χ4v) is 2.42. The van der Waals surface area contributed by atoms with Crippen LogP contribution in [0.1, 0.15) is 59.3 Å². The molecule has 1 atom stereocenters. The van der Waals surface area contributed by atoms with Crippen LogP contribution in [0, 0.1) is 5.92 Å². The Morgan fingerprint density at radius 2 is 1.94 bits per heavy atom. The van der Waals surface area contributed by atoms with Gasteiger partial charge in [-0.25, -0.2) is 4.79 Å². The fourth-order valence-electron chi connectivity index (χ4n) is 2.42. The van der Waals surface area contributed by atoms with Crippen LogP contribution < -0.4 is 5.73 Å². The monoisotopic (exact) mass is 253 g/mol. The maximum atomic E-state index is 11.5. The first-order valence-electron chi connectivity index (χ1n) is 7.03. The quantitative estimate of drug-likeness (QED) is 0.618. The molecule has 0 saturated heterocycles. The summed E-state index contributed by atoms with van der Waals surface area (Å²) in [7, 11) is 0. The maximum Gasteiger partial charge on any atom is 0.330 e. The van der Waals surface area contributed by atoms with Crippen LogP contribution in [0.5, 0.6) is 0 Å². The van der Waals surface area contributed by atoms with Gasteiger partial charge in [0.15, 0.2) is 0 Å². The van der Waals surface area contributed by atoms with Crippen LogP contribution in [0.2, 0.25) is 0 Å². The zero-order valence-electron chi connectivity index (χ0n) is 11.9. The summed E-state index contributed by atoms with van der Waals surface area (Å²) in [6, 6.07) is -0.0272. The van der Waals surface area contributed by atoms with Crippen LogP contribution >= 0.6 is 0 Å². The van der Waals surface area contributed by atoms with Gasteiger partial charge in [-0.2, -0.15) is 0 Å². The van der Waals surface area contributed by atoms with E-state index in [1.165, 1.54) is 38.2 Å². The Kier molecular flexibility index (Phi) is 5.86. The largest absolute Gasteiger partial charge is 0.457 e. The lowest BCUT2D eigenvalue weighted by molar-refractivity contribution is -0.148. The first kappa shape index (κ1) is 15.2. The van der Waals surface area contributed by atoms with Crippen molar-refractivity contribution >= 4 is 5.97 Å². The lowest BCUT2D eigenvalue weighted by Crippen LogP contribution is -2.25. The van der Waals surface area contributed by atoms with E-state index in [2.05, 4.69) is 0 Å². The Morgan fingerprint density at radius 1 is 1.33 bits per heavy atom. The minimum Gasteiger partial charge on any atom is -0.457 e. The van der Waals surface area contributed by atoms with Crippen molar-refractivity contribution < 1.29 is 9.53 Å². The highest BCUT2D eigenvalue weighted by molar-refractivity contribution is 5.82. The van der Waals surface area contributed by atoms with Crippen LogP contribution in [0.3, 0.4) is 0 Å². The van der Waals surface area contributed by atoms with E-state index < -0.39 is 5.60 Å². The molecule has 1 aliphatic carbocycles. The molecule has 104 valence electrons. The Bertz CT molecular complexity index is 285. The number of carbonyl (C=O) groups excluding carboxylic acids is 1. The molecule has 1 aliphatic rings. The summed E-state index contributed by atoms with van der Waals surface area (Å²) < 4.78 is 5.20. The molecule has 0 radical (unpaired) electrons. The molecular weight excluding hydrogens is 226 g/mol. The molecule has 3 heteroatoms. The molecule has 0 spiro atoms. The van der Waals surface area contributed by atoms with Gasteiger partial charge in [0.25, 0.3) is 0 Å². The van der Waals surface area contributed by atoms with Gasteiger partial charge in [0.05, 0.1) is 0 Å². The smallest absolute Gasteiger partial charge is 0.330 e. The van der Waals surface area contributed by atoms with E-state index in [1.807, 2.05) is 20.8 Å². The summed E-state index contributed by atoms with van der Waals surface area (Å²) in [6.07, 6.45) is 10.8. The third kappa shape index (κ3) is 6.80. The van der Waals surface area contributed by atoms with Crippen molar-refractivity contribution in [1.29, 1.82) is 0 Å².